The molecule has 0 aromatic heterocycles. The van der Waals surface area contributed by atoms with E-state index in [9.17, 15) is 4.79 Å². The number of nitrogens with one attached hydrogen (secondary N) is 2. The largest absolute Gasteiger partial charge is 0.325 e. The second kappa shape index (κ2) is 8.14. The zero-order valence-electron chi connectivity index (χ0n) is 13.8. The zero-order valence-corrected chi connectivity index (χ0v) is 14.5. The second-order valence-corrected chi connectivity index (χ2v) is 6.38. The fraction of sp³-hybridized carbons (Fsp3) is 0.316. The molecule has 4 heteroatoms. The fourth-order valence-corrected chi connectivity index (χ4v) is 2.65. The van der Waals surface area contributed by atoms with E-state index in [1.165, 1.54) is 0 Å². The Hall–Kier alpha value is -1.84. The lowest BCUT2D eigenvalue weighted by Gasteiger charge is -2.16. The topological polar surface area (TPSA) is 41.1 Å². The van der Waals surface area contributed by atoms with E-state index in [4.69, 9.17) is 11.6 Å². The summed E-state index contributed by atoms with van der Waals surface area (Å²) >= 11 is 6.00. The van der Waals surface area contributed by atoms with E-state index in [2.05, 4.69) is 24.5 Å². The van der Waals surface area contributed by atoms with Crippen molar-refractivity contribution < 1.29 is 4.79 Å². The van der Waals surface area contributed by atoms with Gasteiger partial charge in [0.2, 0.25) is 5.91 Å². The minimum absolute atomic E-state index is 0.0491. The maximum Gasteiger partial charge on any atom is 0.238 e. The fourth-order valence-electron chi connectivity index (χ4n) is 2.45. The number of halogens is 1. The van der Waals surface area contributed by atoms with Crippen molar-refractivity contribution in [2.75, 3.05) is 11.9 Å². The molecule has 3 nitrogen and oxygen atoms in total. The summed E-state index contributed by atoms with van der Waals surface area (Å²) in [6.45, 7) is 6.50. The van der Waals surface area contributed by atoms with Crippen LogP contribution < -0.4 is 10.6 Å². The number of anilines is 1. The Balaban J connectivity index is 1.93. The van der Waals surface area contributed by atoms with Crippen LogP contribution in [0, 0.1) is 0 Å². The van der Waals surface area contributed by atoms with Crippen molar-refractivity contribution in [1.29, 1.82) is 0 Å². The van der Waals surface area contributed by atoms with E-state index in [1.807, 2.05) is 55.5 Å². The first-order valence-electron chi connectivity index (χ1n) is 7.85. The summed E-state index contributed by atoms with van der Waals surface area (Å²) in [5, 5.41) is 6.91. The van der Waals surface area contributed by atoms with Crippen molar-refractivity contribution in [3.63, 3.8) is 0 Å². The molecule has 2 aromatic carbocycles. The lowest BCUT2D eigenvalue weighted by atomic mass is 10.0. The maximum absolute atomic E-state index is 12.2. The molecule has 0 fully saturated rings. The number of para-hydroxylation sites is 1. The number of hydrogen-bond acceptors (Lipinski definition) is 2. The van der Waals surface area contributed by atoms with Crippen LogP contribution >= 0.6 is 11.6 Å². The van der Waals surface area contributed by atoms with E-state index in [0.29, 0.717) is 10.9 Å². The molecule has 0 saturated heterocycles. The predicted molar refractivity (Wildman–Crippen MR) is 97.0 cm³/mol. The smallest absolute Gasteiger partial charge is 0.238 e. The van der Waals surface area contributed by atoms with Gasteiger partial charge in [0.05, 0.1) is 6.54 Å². The van der Waals surface area contributed by atoms with Crippen LogP contribution in [0.1, 0.15) is 43.9 Å². The Morgan fingerprint density at radius 1 is 1.09 bits per heavy atom. The number of rotatable bonds is 6. The summed E-state index contributed by atoms with van der Waals surface area (Å²) in [5.41, 5.74) is 3.08. The van der Waals surface area contributed by atoms with E-state index in [0.717, 1.165) is 16.8 Å². The van der Waals surface area contributed by atoms with Crippen molar-refractivity contribution >= 4 is 23.2 Å². The second-order valence-electron chi connectivity index (χ2n) is 5.95. The van der Waals surface area contributed by atoms with E-state index >= 15 is 0 Å². The Morgan fingerprint density at radius 2 is 1.83 bits per heavy atom. The molecule has 1 atom stereocenters. The third-order valence-electron chi connectivity index (χ3n) is 3.77. The number of hydrogen-bond donors (Lipinski definition) is 2. The van der Waals surface area contributed by atoms with Crippen LogP contribution in [0.2, 0.25) is 5.02 Å². The Morgan fingerprint density at radius 3 is 2.52 bits per heavy atom. The van der Waals surface area contributed by atoms with E-state index < -0.39 is 0 Å². The van der Waals surface area contributed by atoms with Crippen LogP contribution in [-0.4, -0.2) is 12.5 Å². The van der Waals surface area contributed by atoms with Gasteiger partial charge in [-0.1, -0.05) is 55.8 Å². The highest BCUT2D eigenvalue weighted by molar-refractivity contribution is 6.30. The minimum Gasteiger partial charge on any atom is -0.325 e. The van der Waals surface area contributed by atoms with Gasteiger partial charge >= 0.3 is 0 Å². The molecule has 1 amide bonds. The Bertz CT molecular complexity index is 670. The van der Waals surface area contributed by atoms with Crippen molar-refractivity contribution in [3.05, 3.63) is 64.7 Å². The summed E-state index contributed by atoms with van der Waals surface area (Å²) in [6, 6.07) is 15.6. The van der Waals surface area contributed by atoms with Gasteiger partial charge in [-0.2, -0.15) is 0 Å². The highest BCUT2D eigenvalue weighted by atomic mass is 35.5. The molecular formula is C19H23ClN2O. The molecule has 0 bridgehead atoms. The SMILES string of the molecule is CC(C)c1ccccc1NC(=O)CN[C@H](C)c1cccc(Cl)c1. The van der Waals surface area contributed by atoms with Crippen LogP contribution in [0.5, 0.6) is 0 Å². The van der Waals surface area contributed by atoms with Crippen molar-refractivity contribution in [3.8, 4) is 0 Å². The molecule has 2 rings (SSSR count). The third kappa shape index (κ3) is 5.08. The average molecular weight is 331 g/mol. The van der Waals surface area contributed by atoms with Crippen LogP contribution in [0.3, 0.4) is 0 Å². The van der Waals surface area contributed by atoms with Gasteiger partial charge in [0.15, 0.2) is 0 Å². The molecule has 0 saturated carbocycles. The normalized spacial score (nSPS) is 12.2. The summed E-state index contributed by atoms with van der Waals surface area (Å²) in [7, 11) is 0. The lowest BCUT2D eigenvalue weighted by Crippen LogP contribution is -2.30. The van der Waals surface area contributed by atoms with Gasteiger partial charge in [0, 0.05) is 16.8 Å². The minimum atomic E-state index is -0.0491. The lowest BCUT2D eigenvalue weighted by molar-refractivity contribution is -0.115. The Labute approximate surface area is 143 Å². The number of carbonyl (C=O) groups is 1. The molecule has 0 aliphatic rings. The molecule has 0 aliphatic heterocycles. The molecule has 0 spiro atoms. The quantitative estimate of drug-likeness (QED) is 0.802. The van der Waals surface area contributed by atoms with Gasteiger partial charge in [0.25, 0.3) is 0 Å². The molecule has 23 heavy (non-hydrogen) atoms. The van der Waals surface area contributed by atoms with Crippen molar-refractivity contribution in [2.24, 2.45) is 0 Å². The molecule has 2 aromatic rings. The predicted octanol–water partition coefficient (Wildman–Crippen LogP) is 4.75. The third-order valence-corrected chi connectivity index (χ3v) is 4.01. The Kier molecular flexibility index (Phi) is 6.20. The first-order chi connectivity index (χ1) is 11.0. The van der Waals surface area contributed by atoms with Crippen LogP contribution in [0.25, 0.3) is 0 Å². The number of carbonyl (C=O) groups excluding carboxylic acids is 1. The van der Waals surface area contributed by atoms with Gasteiger partial charge in [-0.3, -0.25) is 4.79 Å². The highest BCUT2D eigenvalue weighted by Gasteiger charge is 2.11. The monoisotopic (exact) mass is 330 g/mol. The average Bonchev–Trinajstić information content (AvgIpc) is 2.53. The molecular weight excluding hydrogens is 308 g/mol. The molecule has 0 radical (unpaired) electrons. The standard InChI is InChI=1S/C19H23ClN2O/c1-13(2)17-9-4-5-10-18(17)22-19(23)12-21-14(3)15-7-6-8-16(20)11-15/h4-11,13-14,21H,12H2,1-3H3,(H,22,23)/t14-/m1/s1. The van der Waals surface area contributed by atoms with Gasteiger partial charge in [-0.05, 0) is 42.2 Å². The first-order valence-corrected chi connectivity index (χ1v) is 8.22. The summed E-state index contributed by atoms with van der Waals surface area (Å²) in [5.74, 6) is 0.317. The highest BCUT2D eigenvalue weighted by Crippen LogP contribution is 2.23. The number of amides is 1. The molecule has 122 valence electrons. The van der Waals surface area contributed by atoms with Crippen LogP contribution in [0.15, 0.2) is 48.5 Å². The van der Waals surface area contributed by atoms with Gasteiger partial charge < -0.3 is 10.6 Å². The van der Waals surface area contributed by atoms with Crippen LogP contribution in [-0.2, 0) is 4.79 Å². The van der Waals surface area contributed by atoms with E-state index in [1.54, 1.807) is 0 Å². The molecule has 0 unspecified atom stereocenters. The summed E-state index contributed by atoms with van der Waals surface area (Å²) in [6.07, 6.45) is 0. The molecule has 2 N–H and O–H groups in total. The summed E-state index contributed by atoms with van der Waals surface area (Å²) < 4.78 is 0. The van der Waals surface area contributed by atoms with Gasteiger partial charge in [0.1, 0.15) is 0 Å². The van der Waals surface area contributed by atoms with Gasteiger partial charge in [-0.25, -0.2) is 0 Å². The molecule has 0 aliphatic carbocycles. The van der Waals surface area contributed by atoms with E-state index in [-0.39, 0.29) is 18.5 Å². The summed E-state index contributed by atoms with van der Waals surface area (Å²) in [4.78, 5) is 12.2. The zero-order chi connectivity index (χ0) is 16.8. The van der Waals surface area contributed by atoms with Crippen molar-refractivity contribution in [2.45, 2.75) is 32.7 Å². The van der Waals surface area contributed by atoms with Crippen LogP contribution in [0.4, 0.5) is 5.69 Å². The molecule has 0 heterocycles. The van der Waals surface area contributed by atoms with Gasteiger partial charge in [-0.15, -0.1) is 0 Å². The van der Waals surface area contributed by atoms with Crippen molar-refractivity contribution in [1.82, 2.24) is 5.32 Å². The number of benzene rings is 2. The first kappa shape index (κ1) is 17.5. The maximum atomic E-state index is 12.2.